The molecule has 2 N–H and O–H groups in total. The van der Waals surface area contributed by atoms with Gasteiger partial charge in [-0.05, 0) is 41.3 Å². The van der Waals surface area contributed by atoms with Crippen LogP contribution in [-0.4, -0.2) is 52.5 Å². The van der Waals surface area contributed by atoms with Crippen molar-refractivity contribution in [2.75, 3.05) is 19.7 Å². The molecule has 0 bridgehead atoms. The zero-order valence-electron chi connectivity index (χ0n) is 18.2. The van der Waals surface area contributed by atoms with Crippen LogP contribution in [0, 0.1) is 0 Å². The Morgan fingerprint density at radius 3 is 2.65 bits per heavy atom. The van der Waals surface area contributed by atoms with E-state index in [4.69, 9.17) is 0 Å². The van der Waals surface area contributed by atoms with Gasteiger partial charge in [0.05, 0.1) is 19.2 Å². The molecule has 0 radical (unpaired) electrons. The molecular weight excluding hydrogens is 440 g/mol. The van der Waals surface area contributed by atoms with E-state index < -0.39 is 11.8 Å². The van der Waals surface area contributed by atoms with Gasteiger partial charge in [0.1, 0.15) is 0 Å². The summed E-state index contributed by atoms with van der Waals surface area (Å²) in [6.45, 7) is 0.00412. The molecule has 8 heteroatoms. The quantitative estimate of drug-likeness (QED) is 0.608. The second-order valence-corrected chi connectivity index (χ2v) is 8.66. The van der Waals surface area contributed by atoms with E-state index in [0.29, 0.717) is 24.1 Å². The van der Waals surface area contributed by atoms with Gasteiger partial charge in [-0.15, -0.1) is 0 Å². The Hall–Kier alpha value is -3.65. The van der Waals surface area contributed by atoms with Crippen molar-refractivity contribution < 1.29 is 23.5 Å². The van der Waals surface area contributed by atoms with Gasteiger partial charge in [0, 0.05) is 41.5 Å². The smallest absolute Gasteiger partial charge is 0.299 e. The van der Waals surface area contributed by atoms with Crippen LogP contribution < -0.4 is 5.32 Å². The summed E-state index contributed by atoms with van der Waals surface area (Å²) < 4.78 is 29.5. The molecular formula is C26H23F2N3O3. The fourth-order valence-corrected chi connectivity index (χ4v) is 4.93. The Morgan fingerprint density at radius 1 is 1.09 bits per heavy atom. The first-order valence-electron chi connectivity index (χ1n) is 11.1. The third kappa shape index (κ3) is 3.74. The first-order valence-corrected chi connectivity index (χ1v) is 11.1. The zero-order valence-corrected chi connectivity index (χ0v) is 18.2. The number of aliphatic hydroxyl groups excluding tert-OH is 1. The number of fused-ring (bicyclic) bond motifs is 3. The number of hydrogen-bond acceptors (Lipinski definition) is 4. The minimum atomic E-state index is -3.11. The highest BCUT2D eigenvalue weighted by Crippen LogP contribution is 2.50. The van der Waals surface area contributed by atoms with Gasteiger partial charge in [0.15, 0.2) is 0 Å². The van der Waals surface area contributed by atoms with E-state index in [-0.39, 0.29) is 47.7 Å². The number of pyridine rings is 1. The maximum Gasteiger partial charge on any atom is 0.299 e. The minimum absolute atomic E-state index is 0.0592. The van der Waals surface area contributed by atoms with Crippen LogP contribution in [0.15, 0.2) is 67.0 Å². The van der Waals surface area contributed by atoms with Crippen LogP contribution in [0.2, 0.25) is 0 Å². The average Bonchev–Trinajstić information content (AvgIpc) is 3.40. The van der Waals surface area contributed by atoms with E-state index in [1.165, 1.54) is 24.3 Å². The standard InChI is InChI=1S/C26H23F2N3O3/c27-26(28)22-6-2-1-5-20(22)21-11-16(7-8-23(21)26)25(34)30-13-24(33)31-14-18(10-19(31)15-32)17-4-3-9-29-12-17/h1-9,11-12,18-19,32H,10,13-15H2,(H,30,34)/t18-,19-/m0/s1. The number of aliphatic hydroxyl groups is 1. The topological polar surface area (TPSA) is 82.5 Å². The Kier molecular flexibility index (Phi) is 5.61. The number of benzene rings is 2. The Morgan fingerprint density at radius 2 is 1.88 bits per heavy atom. The van der Waals surface area contributed by atoms with E-state index in [0.717, 1.165) is 5.56 Å². The number of carbonyl (C=O) groups excluding carboxylic acids is 2. The van der Waals surface area contributed by atoms with Crippen molar-refractivity contribution in [2.45, 2.75) is 24.3 Å². The molecule has 34 heavy (non-hydrogen) atoms. The first-order chi connectivity index (χ1) is 16.4. The number of carbonyl (C=O) groups is 2. The van der Waals surface area contributed by atoms with Crippen molar-refractivity contribution in [1.29, 1.82) is 0 Å². The number of hydrogen-bond donors (Lipinski definition) is 2. The molecule has 1 saturated heterocycles. The molecule has 2 atom stereocenters. The number of alkyl halides is 2. The normalized spacial score (nSPS) is 20.0. The average molecular weight is 463 g/mol. The molecule has 174 valence electrons. The molecule has 0 unspecified atom stereocenters. The van der Waals surface area contributed by atoms with Crippen molar-refractivity contribution in [3.8, 4) is 11.1 Å². The van der Waals surface area contributed by atoms with E-state index in [1.807, 2.05) is 12.1 Å². The summed E-state index contributed by atoms with van der Waals surface area (Å²) in [4.78, 5) is 31.3. The van der Waals surface area contributed by atoms with E-state index in [9.17, 15) is 23.5 Å². The fraction of sp³-hybridized carbons (Fsp3) is 0.269. The van der Waals surface area contributed by atoms with Crippen LogP contribution in [0.1, 0.15) is 39.4 Å². The highest BCUT2D eigenvalue weighted by atomic mass is 19.3. The lowest BCUT2D eigenvalue weighted by molar-refractivity contribution is -0.131. The van der Waals surface area contributed by atoms with Gasteiger partial charge in [-0.2, -0.15) is 8.78 Å². The summed E-state index contributed by atoms with van der Waals surface area (Å²) in [6, 6.07) is 13.7. The summed E-state index contributed by atoms with van der Waals surface area (Å²) in [5.41, 5.74) is 1.70. The Balaban J connectivity index is 1.28. The number of aromatic nitrogens is 1. The van der Waals surface area contributed by atoms with E-state index in [2.05, 4.69) is 10.3 Å². The molecule has 0 saturated carbocycles. The Labute approximate surface area is 195 Å². The summed E-state index contributed by atoms with van der Waals surface area (Å²) in [5.74, 6) is -3.88. The van der Waals surface area contributed by atoms with Gasteiger partial charge >= 0.3 is 0 Å². The van der Waals surface area contributed by atoms with Crippen molar-refractivity contribution in [3.05, 3.63) is 89.2 Å². The monoisotopic (exact) mass is 463 g/mol. The third-order valence-electron chi connectivity index (χ3n) is 6.68. The number of rotatable bonds is 5. The van der Waals surface area contributed by atoms with Gasteiger partial charge in [-0.25, -0.2) is 0 Å². The molecule has 3 aromatic rings. The van der Waals surface area contributed by atoms with Crippen molar-refractivity contribution in [3.63, 3.8) is 0 Å². The van der Waals surface area contributed by atoms with Crippen molar-refractivity contribution >= 4 is 11.8 Å². The second kappa shape index (κ2) is 8.61. The largest absolute Gasteiger partial charge is 0.394 e. The molecule has 1 aliphatic heterocycles. The van der Waals surface area contributed by atoms with Gasteiger partial charge in [-0.1, -0.05) is 36.4 Å². The Bertz CT molecular complexity index is 1250. The van der Waals surface area contributed by atoms with Gasteiger partial charge in [-0.3, -0.25) is 14.6 Å². The fourth-order valence-electron chi connectivity index (χ4n) is 4.93. The van der Waals surface area contributed by atoms with Crippen LogP contribution in [0.3, 0.4) is 0 Å². The number of halogens is 2. The first kappa shape index (κ1) is 22.2. The predicted molar refractivity (Wildman–Crippen MR) is 121 cm³/mol. The minimum Gasteiger partial charge on any atom is -0.394 e. The third-order valence-corrected chi connectivity index (χ3v) is 6.68. The SMILES string of the molecule is O=C(NCC(=O)N1C[C@@H](c2cccnc2)C[C@H]1CO)c1ccc2c(c1)-c1ccccc1C2(F)F. The highest BCUT2D eigenvalue weighted by Gasteiger charge is 2.44. The molecule has 0 spiro atoms. The van der Waals surface area contributed by atoms with Crippen molar-refractivity contribution in [2.24, 2.45) is 0 Å². The van der Waals surface area contributed by atoms with Gasteiger partial charge in [0.25, 0.3) is 11.8 Å². The summed E-state index contributed by atoms with van der Waals surface area (Å²) in [5, 5.41) is 12.4. The second-order valence-electron chi connectivity index (χ2n) is 8.66. The summed E-state index contributed by atoms with van der Waals surface area (Å²) in [6.07, 6.45) is 4.05. The number of likely N-dealkylation sites (tertiary alicyclic amines) is 1. The summed E-state index contributed by atoms with van der Waals surface area (Å²) in [7, 11) is 0. The maximum absolute atomic E-state index is 14.7. The van der Waals surface area contributed by atoms with E-state index in [1.54, 1.807) is 35.5 Å². The number of nitrogens with zero attached hydrogens (tertiary/aromatic N) is 2. The predicted octanol–water partition coefficient (Wildman–Crippen LogP) is 3.31. The highest BCUT2D eigenvalue weighted by molar-refractivity contribution is 5.98. The number of amides is 2. The molecule has 1 fully saturated rings. The molecule has 6 nitrogen and oxygen atoms in total. The van der Waals surface area contributed by atoms with Crippen LogP contribution in [0.25, 0.3) is 11.1 Å². The molecule has 1 aliphatic carbocycles. The van der Waals surface area contributed by atoms with Crippen molar-refractivity contribution in [1.82, 2.24) is 15.2 Å². The van der Waals surface area contributed by atoms with Crippen LogP contribution >= 0.6 is 0 Å². The lowest BCUT2D eigenvalue weighted by atomic mass is 9.98. The number of nitrogens with one attached hydrogen (secondary N) is 1. The molecule has 2 amide bonds. The van der Waals surface area contributed by atoms with Crippen LogP contribution in [0.4, 0.5) is 8.78 Å². The summed E-state index contributed by atoms with van der Waals surface area (Å²) >= 11 is 0. The van der Waals surface area contributed by atoms with Gasteiger partial charge in [0.2, 0.25) is 5.91 Å². The van der Waals surface area contributed by atoms with E-state index >= 15 is 0 Å². The van der Waals surface area contributed by atoms with Gasteiger partial charge < -0.3 is 15.3 Å². The molecule has 5 rings (SSSR count). The molecule has 2 heterocycles. The molecule has 1 aromatic heterocycles. The van der Waals surface area contributed by atoms with Crippen LogP contribution in [0.5, 0.6) is 0 Å². The molecule has 2 aliphatic rings. The lowest BCUT2D eigenvalue weighted by Crippen LogP contribution is -2.44. The maximum atomic E-state index is 14.7. The van der Waals surface area contributed by atoms with Crippen LogP contribution in [-0.2, 0) is 10.7 Å². The zero-order chi connectivity index (χ0) is 23.9. The molecule has 2 aromatic carbocycles. The lowest BCUT2D eigenvalue weighted by Gasteiger charge is -2.23.